The molecule has 1 amide bonds. The standard InChI is InChI=1S/C18H29N3O3S/c1-4-21(5-2)25(23,24)17-8-6-16(7-9-17)19-18(22)14-20-12-10-15(3)11-13-20/h6-9,15H,4-5,10-14H2,1-3H3,(H,19,22). The van der Waals surface area contributed by atoms with Crippen molar-refractivity contribution in [1.82, 2.24) is 9.21 Å². The van der Waals surface area contributed by atoms with Gasteiger partial charge in [-0.05, 0) is 56.1 Å². The summed E-state index contributed by atoms with van der Waals surface area (Å²) >= 11 is 0. The smallest absolute Gasteiger partial charge is 0.243 e. The van der Waals surface area contributed by atoms with Crippen molar-refractivity contribution in [1.29, 1.82) is 0 Å². The van der Waals surface area contributed by atoms with Crippen LogP contribution in [-0.4, -0.2) is 56.3 Å². The molecule has 6 nitrogen and oxygen atoms in total. The number of nitrogens with zero attached hydrogens (tertiary/aromatic N) is 2. The van der Waals surface area contributed by atoms with Crippen LogP contribution in [0, 0.1) is 5.92 Å². The Kier molecular flexibility index (Phi) is 6.98. The van der Waals surface area contributed by atoms with Gasteiger partial charge in [0.1, 0.15) is 0 Å². The van der Waals surface area contributed by atoms with Crippen molar-refractivity contribution in [2.75, 3.05) is 38.0 Å². The van der Waals surface area contributed by atoms with Gasteiger partial charge in [0.15, 0.2) is 0 Å². The number of nitrogens with one attached hydrogen (secondary N) is 1. The van der Waals surface area contributed by atoms with Gasteiger partial charge < -0.3 is 5.32 Å². The van der Waals surface area contributed by atoms with E-state index in [9.17, 15) is 13.2 Å². The van der Waals surface area contributed by atoms with E-state index >= 15 is 0 Å². The first-order chi connectivity index (χ1) is 11.9. The molecule has 0 aliphatic carbocycles. The third kappa shape index (κ3) is 5.26. The number of benzene rings is 1. The topological polar surface area (TPSA) is 69.7 Å². The summed E-state index contributed by atoms with van der Waals surface area (Å²) in [5.74, 6) is 0.675. The first-order valence-electron chi connectivity index (χ1n) is 8.99. The Labute approximate surface area is 151 Å². The fourth-order valence-corrected chi connectivity index (χ4v) is 4.50. The van der Waals surface area contributed by atoms with Crippen molar-refractivity contribution in [2.45, 2.75) is 38.5 Å². The highest BCUT2D eigenvalue weighted by Gasteiger charge is 2.21. The van der Waals surface area contributed by atoms with Crippen LogP contribution in [0.2, 0.25) is 0 Å². The van der Waals surface area contributed by atoms with E-state index in [1.165, 1.54) is 4.31 Å². The van der Waals surface area contributed by atoms with E-state index in [2.05, 4.69) is 17.1 Å². The molecule has 1 aliphatic rings. The summed E-state index contributed by atoms with van der Waals surface area (Å²) in [6.45, 7) is 9.04. The summed E-state index contributed by atoms with van der Waals surface area (Å²) in [5, 5.41) is 2.85. The molecular weight excluding hydrogens is 338 g/mol. The molecule has 0 radical (unpaired) electrons. The number of amides is 1. The molecule has 0 atom stereocenters. The molecule has 0 saturated carbocycles. The quantitative estimate of drug-likeness (QED) is 0.803. The van der Waals surface area contributed by atoms with Gasteiger partial charge in [0, 0.05) is 18.8 Å². The average Bonchev–Trinajstić information content (AvgIpc) is 2.58. The Balaban J connectivity index is 1.95. The molecule has 1 aromatic carbocycles. The molecule has 0 unspecified atom stereocenters. The van der Waals surface area contributed by atoms with Crippen molar-refractivity contribution in [3.8, 4) is 0 Å². The molecule has 25 heavy (non-hydrogen) atoms. The number of likely N-dealkylation sites (tertiary alicyclic amines) is 1. The fraction of sp³-hybridized carbons (Fsp3) is 0.611. The highest BCUT2D eigenvalue weighted by Crippen LogP contribution is 2.19. The number of rotatable bonds is 7. The van der Waals surface area contributed by atoms with Crippen molar-refractivity contribution >= 4 is 21.6 Å². The van der Waals surface area contributed by atoms with Gasteiger partial charge in [0.05, 0.1) is 11.4 Å². The van der Waals surface area contributed by atoms with Crippen LogP contribution in [0.4, 0.5) is 5.69 Å². The van der Waals surface area contributed by atoms with Crippen molar-refractivity contribution in [3.63, 3.8) is 0 Å². The third-order valence-electron chi connectivity index (χ3n) is 4.72. The lowest BCUT2D eigenvalue weighted by Gasteiger charge is -2.29. The molecule has 0 spiro atoms. The van der Waals surface area contributed by atoms with Gasteiger partial charge in [-0.1, -0.05) is 20.8 Å². The summed E-state index contributed by atoms with van der Waals surface area (Å²) in [6.07, 6.45) is 2.26. The minimum absolute atomic E-state index is 0.0612. The number of hydrogen-bond donors (Lipinski definition) is 1. The number of hydrogen-bond acceptors (Lipinski definition) is 4. The Hall–Kier alpha value is -1.44. The predicted molar refractivity (Wildman–Crippen MR) is 100 cm³/mol. The second kappa shape index (κ2) is 8.78. The second-order valence-electron chi connectivity index (χ2n) is 6.62. The van der Waals surface area contributed by atoms with Crippen molar-refractivity contribution in [2.24, 2.45) is 5.92 Å². The maximum absolute atomic E-state index is 12.4. The largest absolute Gasteiger partial charge is 0.325 e. The maximum Gasteiger partial charge on any atom is 0.243 e. The van der Waals surface area contributed by atoms with Crippen LogP contribution in [0.3, 0.4) is 0 Å². The van der Waals surface area contributed by atoms with Crippen LogP contribution in [0.5, 0.6) is 0 Å². The van der Waals surface area contributed by atoms with E-state index in [0.29, 0.717) is 25.3 Å². The number of anilines is 1. The summed E-state index contributed by atoms with van der Waals surface area (Å²) in [4.78, 5) is 14.6. The molecular formula is C18H29N3O3S. The Bertz CT molecular complexity index is 661. The average molecular weight is 368 g/mol. The highest BCUT2D eigenvalue weighted by molar-refractivity contribution is 7.89. The van der Waals surface area contributed by atoms with E-state index in [1.807, 2.05) is 13.8 Å². The first-order valence-corrected chi connectivity index (χ1v) is 10.4. The molecule has 1 heterocycles. The summed E-state index contributed by atoms with van der Waals surface area (Å²) in [6, 6.07) is 6.39. The van der Waals surface area contributed by atoms with Gasteiger partial charge in [-0.25, -0.2) is 8.42 Å². The molecule has 1 aromatic rings. The van der Waals surface area contributed by atoms with Gasteiger partial charge in [-0.3, -0.25) is 9.69 Å². The highest BCUT2D eigenvalue weighted by atomic mass is 32.2. The van der Waals surface area contributed by atoms with Crippen molar-refractivity contribution < 1.29 is 13.2 Å². The monoisotopic (exact) mass is 367 g/mol. The minimum atomic E-state index is -3.46. The Morgan fingerprint density at radius 3 is 2.24 bits per heavy atom. The first kappa shape index (κ1) is 19.9. The predicted octanol–water partition coefficient (Wildman–Crippen LogP) is 2.39. The molecule has 1 fully saturated rings. The molecule has 0 bridgehead atoms. The van der Waals surface area contributed by atoms with Crippen LogP contribution >= 0.6 is 0 Å². The number of carbonyl (C=O) groups excluding carboxylic acids is 1. The van der Waals surface area contributed by atoms with E-state index < -0.39 is 10.0 Å². The van der Waals surface area contributed by atoms with Crippen LogP contribution in [0.25, 0.3) is 0 Å². The van der Waals surface area contributed by atoms with E-state index in [-0.39, 0.29) is 10.8 Å². The zero-order valence-corrected chi connectivity index (χ0v) is 16.2. The van der Waals surface area contributed by atoms with E-state index in [1.54, 1.807) is 24.3 Å². The van der Waals surface area contributed by atoms with Gasteiger partial charge in [0.2, 0.25) is 15.9 Å². The summed E-state index contributed by atoms with van der Waals surface area (Å²) < 4.78 is 26.3. The lowest BCUT2D eigenvalue weighted by atomic mass is 9.99. The van der Waals surface area contributed by atoms with Gasteiger partial charge in [-0.2, -0.15) is 4.31 Å². The Morgan fingerprint density at radius 2 is 1.72 bits per heavy atom. The lowest BCUT2D eigenvalue weighted by molar-refractivity contribution is -0.117. The van der Waals surface area contributed by atoms with E-state index in [4.69, 9.17) is 0 Å². The normalized spacial score (nSPS) is 17.0. The molecule has 1 aliphatic heterocycles. The Morgan fingerprint density at radius 1 is 1.16 bits per heavy atom. The maximum atomic E-state index is 12.4. The number of sulfonamides is 1. The molecule has 7 heteroatoms. The zero-order valence-electron chi connectivity index (χ0n) is 15.4. The van der Waals surface area contributed by atoms with Crippen molar-refractivity contribution in [3.05, 3.63) is 24.3 Å². The zero-order chi connectivity index (χ0) is 18.4. The molecule has 140 valence electrons. The minimum Gasteiger partial charge on any atom is -0.325 e. The summed E-state index contributed by atoms with van der Waals surface area (Å²) in [5.41, 5.74) is 0.619. The second-order valence-corrected chi connectivity index (χ2v) is 8.56. The SMILES string of the molecule is CCN(CC)S(=O)(=O)c1ccc(NC(=O)CN2CCC(C)CC2)cc1. The third-order valence-corrected chi connectivity index (χ3v) is 6.79. The lowest BCUT2D eigenvalue weighted by Crippen LogP contribution is -2.38. The van der Waals surface area contributed by atoms with Crippen LogP contribution in [-0.2, 0) is 14.8 Å². The molecule has 2 rings (SSSR count). The number of piperidine rings is 1. The van der Waals surface area contributed by atoms with Gasteiger partial charge in [0.25, 0.3) is 0 Å². The molecule has 0 aromatic heterocycles. The molecule has 1 N–H and O–H groups in total. The van der Waals surface area contributed by atoms with Crippen LogP contribution < -0.4 is 5.32 Å². The van der Waals surface area contributed by atoms with Gasteiger partial charge >= 0.3 is 0 Å². The van der Waals surface area contributed by atoms with Crippen LogP contribution in [0.1, 0.15) is 33.6 Å². The van der Waals surface area contributed by atoms with Gasteiger partial charge in [-0.15, -0.1) is 0 Å². The van der Waals surface area contributed by atoms with E-state index in [0.717, 1.165) is 31.8 Å². The number of carbonyl (C=O) groups is 1. The summed E-state index contributed by atoms with van der Waals surface area (Å²) in [7, 11) is -3.46. The fourth-order valence-electron chi connectivity index (χ4n) is 3.05. The molecule has 1 saturated heterocycles. The van der Waals surface area contributed by atoms with Crippen LogP contribution in [0.15, 0.2) is 29.2 Å².